The Balaban J connectivity index is 1.88. The minimum absolute atomic E-state index is 0.00101. The van der Waals surface area contributed by atoms with Crippen LogP contribution in [-0.2, 0) is 14.9 Å². The molecule has 0 heterocycles. The van der Waals surface area contributed by atoms with Crippen LogP contribution in [0.2, 0.25) is 0 Å². The zero-order valence-electron chi connectivity index (χ0n) is 19.0. The molecule has 0 spiro atoms. The molecule has 174 valence electrons. The number of hydrogen-bond donors (Lipinski definition) is 1. The number of nitriles is 1. The van der Waals surface area contributed by atoms with E-state index in [0.717, 1.165) is 11.1 Å². The summed E-state index contributed by atoms with van der Waals surface area (Å²) in [6.07, 6.45) is 1.40. The van der Waals surface area contributed by atoms with Crippen LogP contribution in [0.4, 0.5) is 5.69 Å². The van der Waals surface area contributed by atoms with Crippen LogP contribution in [0.15, 0.2) is 77.2 Å². The first kappa shape index (κ1) is 24.6. The zero-order valence-corrected chi connectivity index (χ0v) is 19.8. The SMILES string of the molecule is CCOc1cc(/C=C(\C#N)C(=O)Nc2ccc(C)cc2C)ccc1OS(=O)(=O)c1ccccc1. The Kier molecular flexibility index (Phi) is 7.71. The number of benzene rings is 3. The van der Waals surface area contributed by atoms with Gasteiger partial charge in [0.05, 0.1) is 6.61 Å². The molecular weight excluding hydrogens is 452 g/mol. The minimum Gasteiger partial charge on any atom is -0.490 e. The molecule has 0 aliphatic carbocycles. The van der Waals surface area contributed by atoms with E-state index in [1.165, 1.54) is 30.3 Å². The van der Waals surface area contributed by atoms with Crippen LogP contribution < -0.4 is 14.2 Å². The van der Waals surface area contributed by atoms with Crippen LogP contribution >= 0.6 is 0 Å². The van der Waals surface area contributed by atoms with Crippen LogP contribution in [0.3, 0.4) is 0 Å². The predicted molar refractivity (Wildman–Crippen MR) is 130 cm³/mol. The highest BCUT2D eigenvalue weighted by atomic mass is 32.2. The quantitative estimate of drug-likeness (QED) is 0.278. The van der Waals surface area contributed by atoms with Crippen LogP contribution in [0.5, 0.6) is 11.5 Å². The third-order valence-electron chi connectivity index (χ3n) is 4.81. The molecule has 0 atom stereocenters. The summed E-state index contributed by atoms with van der Waals surface area (Å²) in [6.45, 7) is 5.83. The maximum atomic E-state index is 12.7. The van der Waals surface area contributed by atoms with Gasteiger partial charge in [-0.05, 0) is 68.3 Å². The zero-order chi connectivity index (χ0) is 24.7. The minimum atomic E-state index is -4.06. The lowest BCUT2D eigenvalue weighted by molar-refractivity contribution is -0.112. The van der Waals surface area contributed by atoms with E-state index < -0.39 is 16.0 Å². The smallest absolute Gasteiger partial charge is 0.339 e. The highest BCUT2D eigenvalue weighted by Gasteiger charge is 2.19. The summed E-state index contributed by atoms with van der Waals surface area (Å²) in [5, 5.41) is 12.3. The molecule has 0 saturated heterocycles. The number of nitrogens with zero attached hydrogens (tertiary/aromatic N) is 1. The van der Waals surface area contributed by atoms with Crippen molar-refractivity contribution in [3.05, 3.63) is 89.0 Å². The van der Waals surface area contributed by atoms with Crippen molar-refractivity contribution >= 4 is 27.8 Å². The predicted octanol–water partition coefficient (Wildman–Crippen LogP) is 5.02. The fourth-order valence-electron chi connectivity index (χ4n) is 3.16. The molecule has 34 heavy (non-hydrogen) atoms. The molecule has 1 N–H and O–H groups in total. The first-order chi connectivity index (χ1) is 16.2. The summed E-state index contributed by atoms with van der Waals surface area (Å²) in [6, 6.07) is 19.7. The molecule has 0 fully saturated rings. The van der Waals surface area contributed by atoms with E-state index in [1.54, 1.807) is 37.3 Å². The summed E-state index contributed by atoms with van der Waals surface area (Å²) in [4.78, 5) is 12.7. The fraction of sp³-hybridized carbons (Fsp3) is 0.154. The van der Waals surface area contributed by atoms with Gasteiger partial charge in [0, 0.05) is 5.69 Å². The first-order valence-corrected chi connectivity index (χ1v) is 11.9. The fourth-order valence-corrected chi connectivity index (χ4v) is 4.12. The number of amides is 1. The Morgan fingerprint density at radius 3 is 2.41 bits per heavy atom. The second kappa shape index (κ2) is 10.7. The van der Waals surface area contributed by atoms with Gasteiger partial charge < -0.3 is 14.2 Å². The van der Waals surface area contributed by atoms with Crippen LogP contribution in [0.1, 0.15) is 23.6 Å². The van der Waals surface area contributed by atoms with Gasteiger partial charge in [-0.15, -0.1) is 0 Å². The number of hydrogen-bond acceptors (Lipinski definition) is 6. The van der Waals surface area contributed by atoms with Crippen molar-refractivity contribution in [1.29, 1.82) is 5.26 Å². The van der Waals surface area contributed by atoms with Crippen molar-refractivity contribution < 1.29 is 22.1 Å². The summed E-state index contributed by atoms with van der Waals surface area (Å²) < 4.78 is 36.0. The van der Waals surface area contributed by atoms with E-state index in [1.807, 2.05) is 32.0 Å². The van der Waals surface area contributed by atoms with Crippen molar-refractivity contribution in [2.75, 3.05) is 11.9 Å². The number of carbonyl (C=O) groups is 1. The number of anilines is 1. The van der Waals surface area contributed by atoms with Gasteiger partial charge in [-0.3, -0.25) is 4.79 Å². The number of carbonyl (C=O) groups excluding carboxylic acids is 1. The molecule has 3 aromatic carbocycles. The van der Waals surface area contributed by atoms with Gasteiger partial charge in [0.25, 0.3) is 5.91 Å². The van der Waals surface area contributed by atoms with Gasteiger partial charge in [0.15, 0.2) is 11.5 Å². The Morgan fingerprint density at radius 2 is 1.76 bits per heavy atom. The van der Waals surface area contributed by atoms with Gasteiger partial charge >= 0.3 is 10.1 Å². The third-order valence-corrected chi connectivity index (χ3v) is 6.05. The molecule has 3 rings (SSSR count). The average molecular weight is 477 g/mol. The van der Waals surface area contributed by atoms with Gasteiger partial charge in [0.1, 0.15) is 16.5 Å². The molecule has 0 saturated carbocycles. The molecule has 3 aromatic rings. The first-order valence-electron chi connectivity index (χ1n) is 10.5. The number of aryl methyl sites for hydroxylation is 2. The maximum absolute atomic E-state index is 12.7. The van der Waals surface area contributed by atoms with Crippen molar-refractivity contribution in [3.8, 4) is 17.6 Å². The molecule has 8 heteroatoms. The van der Waals surface area contributed by atoms with E-state index >= 15 is 0 Å². The Morgan fingerprint density at radius 1 is 1.03 bits per heavy atom. The van der Waals surface area contributed by atoms with E-state index in [-0.39, 0.29) is 28.6 Å². The molecule has 0 aromatic heterocycles. The third kappa shape index (κ3) is 6.03. The van der Waals surface area contributed by atoms with E-state index in [0.29, 0.717) is 11.3 Å². The van der Waals surface area contributed by atoms with Gasteiger partial charge in [-0.1, -0.05) is 42.0 Å². The Labute approximate surface area is 199 Å². The Hall–Kier alpha value is -4.09. The second-order valence-corrected chi connectivity index (χ2v) is 8.98. The topological polar surface area (TPSA) is 105 Å². The average Bonchev–Trinajstić information content (AvgIpc) is 2.81. The lowest BCUT2D eigenvalue weighted by Crippen LogP contribution is -2.14. The molecule has 7 nitrogen and oxygen atoms in total. The van der Waals surface area contributed by atoms with Crippen LogP contribution in [0, 0.1) is 25.2 Å². The van der Waals surface area contributed by atoms with Crippen molar-refractivity contribution in [2.45, 2.75) is 25.7 Å². The second-order valence-electron chi connectivity index (χ2n) is 7.43. The van der Waals surface area contributed by atoms with Crippen molar-refractivity contribution in [3.63, 3.8) is 0 Å². The van der Waals surface area contributed by atoms with Gasteiger partial charge in [-0.25, -0.2) is 0 Å². The number of rotatable bonds is 8. The van der Waals surface area contributed by atoms with Crippen molar-refractivity contribution in [2.24, 2.45) is 0 Å². The highest BCUT2D eigenvalue weighted by molar-refractivity contribution is 7.87. The summed E-state index contributed by atoms with van der Waals surface area (Å²) in [5.41, 5.74) is 2.91. The molecule has 0 bridgehead atoms. The molecule has 0 radical (unpaired) electrons. The van der Waals surface area contributed by atoms with Crippen LogP contribution in [0.25, 0.3) is 6.08 Å². The lowest BCUT2D eigenvalue weighted by Gasteiger charge is -2.13. The van der Waals surface area contributed by atoms with E-state index in [9.17, 15) is 18.5 Å². The molecule has 1 amide bonds. The van der Waals surface area contributed by atoms with Gasteiger partial charge in [-0.2, -0.15) is 13.7 Å². The Bertz CT molecular complexity index is 1370. The maximum Gasteiger partial charge on any atom is 0.339 e. The number of nitrogens with one attached hydrogen (secondary N) is 1. The van der Waals surface area contributed by atoms with E-state index in [4.69, 9.17) is 8.92 Å². The highest BCUT2D eigenvalue weighted by Crippen LogP contribution is 2.32. The molecule has 0 unspecified atom stereocenters. The summed E-state index contributed by atoms with van der Waals surface area (Å²) in [7, 11) is -4.06. The lowest BCUT2D eigenvalue weighted by atomic mass is 10.1. The normalized spacial score (nSPS) is 11.4. The number of ether oxygens (including phenoxy) is 1. The van der Waals surface area contributed by atoms with Gasteiger partial charge in [0.2, 0.25) is 0 Å². The van der Waals surface area contributed by atoms with Crippen molar-refractivity contribution in [1.82, 2.24) is 0 Å². The monoisotopic (exact) mass is 476 g/mol. The largest absolute Gasteiger partial charge is 0.490 e. The molecule has 0 aliphatic heterocycles. The summed E-state index contributed by atoms with van der Waals surface area (Å²) in [5.74, 6) is -0.386. The van der Waals surface area contributed by atoms with Crippen LogP contribution in [-0.4, -0.2) is 20.9 Å². The molecule has 0 aliphatic rings. The molecular formula is C26H24N2O5S. The standard InChI is InChI=1S/C26H24N2O5S/c1-4-32-25-16-20(11-13-24(25)33-34(30,31)22-8-6-5-7-9-22)15-21(17-27)26(29)28-23-12-10-18(2)14-19(23)3/h5-16H,4H2,1-3H3,(H,28,29)/b21-15+. The van der Waals surface area contributed by atoms with E-state index in [2.05, 4.69) is 5.32 Å². The summed E-state index contributed by atoms with van der Waals surface area (Å²) >= 11 is 0.